The number of hydrogen-bond donors (Lipinski definition) is 3. The first-order valence-electron chi connectivity index (χ1n) is 9.07. The van der Waals surface area contributed by atoms with Gasteiger partial charge in [0.05, 0.1) is 17.9 Å². The summed E-state index contributed by atoms with van der Waals surface area (Å²) in [5, 5.41) is 16.6. The molecule has 0 radical (unpaired) electrons. The highest BCUT2D eigenvalue weighted by atomic mass is 32.2. The van der Waals surface area contributed by atoms with Crippen LogP contribution >= 0.6 is 0 Å². The molecule has 3 rings (SSSR count). The Morgan fingerprint density at radius 2 is 1.80 bits per heavy atom. The van der Waals surface area contributed by atoms with Crippen molar-refractivity contribution in [3.63, 3.8) is 0 Å². The minimum atomic E-state index is -3.90. The standard InChI is InChI=1S/C22H20N4O3S/c23-15-18-4-1-2-7-21(18)30(27,28)26-19-5-3-6-20(14-19)29-13-12-16-8-10-17(11-9-16)22(24)25/h1-11,14,26H,12-13H2,(H3,24,25). The van der Waals surface area contributed by atoms with E-state index in [1.807, 2.05) is 18.2 Å². The maximum atomic E-state index is 12.6. The molecule has 8 heteroatoms. The first-order chi connectivity index (χ1) is 14.4. The van der Waals surface area contributed by atoms with Gasteiger partial charge in [0.2, 0.25) is 0 Å². The topological polar surface area (TPSA) is 129 Å². The van der Waals surface area contributed by atoms with Gasteiger partial charge in [-0.25, -0.2) is 8.42 Å². The smallest absolute Gasteiger partial charge is 0.263 e. The zero-order valence-electron chi connectivity index (χ0n) is 16.0. The fourth-order valence-electron chi connectivity index (χ4n) is 2.79. The van der Waals surface area contributed by atoms with Crippen LogP contribution in [0.15, 0.2) is 77.7 Å². The van der Waals surface area contributed by atoms with E-state index in [1.54, 1.807) is 48.5 Å². The van der Waals surface area contributed by atoms with Crippen molar-refractivity contribution in [3.05, 3.63) is 89.5 Å². The second-order valence-electron chi connectivity index (χ2n) is 6.45. The van der Waals surface area contributed by atoms with Crippen LogP contribution in [-0.2, 0) is 16.4 Å². The molecule has 4 N–H and O–H groups in total. The van der Waals surface area contributed by atoms with Crippen LogP contribution in [0.5, 0.6) is 5.75 Å². The van der Waals surface area contributed by atoms with E-state index in [4.69, 9.17) is 21.1 Å². The number of benzene rings is 3. The molecule has 0 bridgehead atoms. The van der Waals surface area contributed by atoms with Gasteiger partial charge in [-0.2, -0.15) is 5.26 Å². The van der Waals surface area contributed by atoms with Gasteiger partial charge in [-0.3, -0.25) is 10.1 Å². The number of ether oxygens (including phenoxy) is 1. The minimum Gasteiger partial charge on any atom is -0.493 e. The molecule has 0 aliphatic rings. The van der Waals surface area contributed by atoms with Crippen molar-refractivity contribution in [1.82, 2.24) is 0 Å². The fourth-order valence-corrected chi connectivity index (χ4v) is 4.00. The van der Waals surface area contributed by atoms with Gasteiger partial charge in [-0.15, -0.1) is 0 Å². The highest BCUT2D eigenvalue weighted by Crippen LogP contribution is 2.22. The lowest BCUT2D eigenvalue weighted by Crippen LogP contribution is -2.14. The van der Waals surface area contributed by atoms with E-state index >= 15 is 0 Å². The van der Waals surface area contributed by atoms with Crippen LogP contribution in [-0.4, -0.2) is 20.9 Å². The number of nitrogens with zero attached hydrogens (tertiary/aromatic N) is 1. The zero-order valence-corrected chi connectivity index (χ0v) is 16.8. The van der Waals surface area contributed by atoms with Gasteiger partial charge in [-0.05, 0) is 29.8 Å². The number of nitrogen functional groups attached to an aromatic ring is 1. The maximum Gasteiger partial charge on any atom is 0.263 e. The molecule has 0 fully saturated rings. The summed E-state index contributed by atoms with van der Waals surface area (Å²) in [6.07, 6.45) is 0.643. The number of rotatable bonds is 8. The summed E-state index contributed by atoms with van der Waals surface area (Å²) in [7, 11) is -3.90. The second kappa shape index (κ2) is 9.11. The predicted molar refractivity (Wildman–Crippen MR) is 115 cm³/mol. The lowest BCUT2D eigenvalue weighted by Gasteiger charge is -2.11. The lowest BCUT2D eigenvalue weighted by atomic mass is 10.1. The van der Waals surface area contributed by atoms with E-state index in [2.05, 4.69) is 4.72 Å². The molecule has 0 heterocycles. The average Bonchev–Trinajstić information content (AvgIpc) is 2.74. The molecule has 30 heavy (non-hydrogen) atoms. The maximum absolute atomic E-state index is 12.6. The highest BCUT2D eigenvalue weighted by molar-refractivity contribution is 7.92. The molecule has 0 saturated heterocycles. The average molecular weight is 420 g/mol. The minimum absolute atomic E-state index is 0.0226. The van der Waals surface area contributed by atoms with Crippen LogP contribution in [0.3, 0.4) is 0 Å². The molecule has 0 aliphatic carbocycles. The van der Waals surface area contributed by atoms with E-state index < -0.39 is 10.0 Å². The Bertz CT molecular complexity index is 1200. The van der Waals surface area contributed by atoms with Gasteiger partial charge in [0.25, 0.3) is 10.0 Å². The first kappa shape index (κ1) is 20.9. The Hall–Kier alpha value is -3.83. The Morgan fingerprint density at radius 1 is 1.07 bits per heavy atom. The van der Waals surface area contributed by atoms with Crippen LogP contribution in [0, 0.1) is 16.7 Å². The SMILES string of the molecule is N#Cc1ccccc1S(=O)(=O)Nc1cccc(OCCc2ccc(C(=N)N)cc2)c1. The number of nitrogens with one attached hydrogen (secondary N) is 2. The fraction of sp³-hybridized carbons (Fsp3) is 0.0909. The van der Waals surface area contributed by atoms with Gasteiger partial charge in [0.1, 0.15) is 22.5 Å². The molecule has 7 nitrogen and oxygen atoms in total. The summed E-state index contributed by atoms with van der Waals surface area (Å²) in [6.45, 7) is 0.396. The summed E-state index contributed by atoms with van der Waals surface area (Å²) in [6, 6.07) is 21.9. The Kier molecular flexibility index (Phi) is 6.35. The molecule has 3 aromatic carbocycles. The first-order valence-corrected chi connectivity index (χ1v) is 10.6. The van der Waals surface area contributed by atoms with Gasteiger partial charge < -0.3 is 10.5 Å². The second-order valence-corrected chi connectivity index (χ2v) is 8.10. The molecule has 0 amide bonds. The number of amidine groups is 1. The van der Waals surface area contributed by atoms with Crippen molar-refractivity contribution in [2.75, 3.05) is 11.3 Å². The molecule has 0 unspecified atom stereocenters. The Balaban J connectivity index is 1.64. The van der Waals surface area contributed by atoms with E-state index in [9.17, 15) is 8.42 Å². The molecule has 0 atom stereocenters. The lowest BCUT2D eigenvalue weighted by molar-refractivity contribution is 0.322. The predicted octanol–water partition coefficient (Wildman–Crippen LogP) is 3.26. The van der Waals surface area contributed by atoms with Crippen LogP contribution in [0.25, 0.3) is 0 Å². The van der Waals surface area contributed by atoms with Crippen LogP contribution in [0.2, 0.25) is 0 Å². The molecule has 0 spiro atoms. The van der Waals surface area contributed by atoms with Gasteiger partial charge in [0, 0.05) is 18.1 Å². The van der Waals surface area contributed by atoms with Crippen LogP contribution in [0.1, 0.15) is 16.7 Å². The van der Waals surface area contributed by atoms with Gasteiger partial charge in [0.15, 0.2) is 0 Å². The van der Waals surface area contributed by atoms with Crippen LogP contribution < -0.4 is 15.2 Å². The van der Waals surface area contributed by atoms with E-state index in [0.29, 0.717) is 30.0 Å². The third-order valence-electron chi connectivity index (χ3n) is 4.31. The zero-order chi connectivity index (χ0) is 21.6. The third-order valence-corrected chi connectivity index (χ3v) is 5.75. The number of nitrogens with two attached hydrogens (primary N) is 1. The molecular formula is C22H20N4O3S. The van der Waals surface area contributed by atoms with Crippen molar-refractivity contribution in [3.8, 4) is 11.8 Å². The number of nitriles is 1. The van der Waals surface area contributed by atoms with Gasteiger partial charge in [-0.1, -0.05) is 42.5 Å². The summed E-state index contributed by atoms with van der Waals surface area (Å²) < 4.78 is 33.5. The Labute approximate surface area is 175 Å². The molecule has 152 valence electrons. The summed E-state index contributed by atoms with van der Waals surface area (Å²) in [4.78, 5) is -0.0761. The van der Waals surface area contributed by atoms with E-state index in [-0.39, 0.29) is 16.3 Å². The van der Waals surface area contributed by atoms with E-state index in [1.165, 1.54) is 12.1 Å². The third kappa shape index (κ3) is 5.16. The van der Waals surface area contributed by atoms with Crippen molar-refractivity contribution in [1.29, 1.82) is 10.7 Å². The molecule has 3 aromatic rings. The normalized spacial score (nSPS) is 10.8. The molecule has 0 aromatic heterocycles. The van der Waals surface area contributed by atoms with Crippen molar-refractivity contribution in [2.45, 2.75) is 11.3 Å². The van der Waals surface area contributed by atoms with Crippen molar-refractivity contribution in [2.24, 2.45) is 5.73 Å². The molecule has 0 saturated carbocycles. The number of anilines is 1. The summed E-state index contributed by atoms with van der Waals surface area (Å²) >= 11 is 0. The molecule has 0 aliphatic heterocycles. The number of sulfonamides is 1. The van der Waals surface area contributed by atoms with Crippen molar-refractivity contribution < 1.29 is 13.2 Å². The van der Waals surface area contributed by atoms with E-state index in [0.717, 1.165) is 5.56 Å². The summed E-state index contributed by atoms with van der Waals surface area (Å²) in [5.41, 5.74) is 7.56. The van der Waals surface area contributed by atoms with Crippen LogP contribution in [0.4, 0.5) is 5.69 Å². The quantitative estimate of drug-likeness (QED) is 0.380. The molecular weight excluding hydrogens is 400 g/mol. The monoisotopic (exact) mass is 420 g/mol. The largest absolute Gasteiger partial charge is 0.493 e. The summed E-state index contributed by atoms with van der Waals surface area (Å²) in [5.74, 6) is 0.540. The Morgan fingerprint density at radius 3 is 2.50 bits per heavy atom. The number of hydrogen-bond acceptors (Lipinski definition) is 5. The highest BCUT2D eigenvalue weighted by Gasteiger charge is 2.18. The van der Waals surface area contributed by atoms with Crippen molar-refractivity contribution >= 4 is 21.5 Å². The van der Waals surface area contributed by atoms with Gasteiger partial charge >= 0.3 is 0 Å².